The molecule has 7 heteroatoms. The topological polar surface area (TPSA) is 26.3 Å². The molecule has 0 saturated carbocycles. The van der Waals surface area contributed by atoms with Crippen LogP contribution in [0.3, 0.4) is 0 Å². The Morgan fingerprint density at radius 2 is 1.67 bits per heavy atom. The Morgan fingerprint density at radius 1 is 1.07 bits per heavy atom. The third-order valence-electron chi connectivity index (χ3n) is 3.81. The molecule has 0 saturated heterocycles. The number of rotatable bonds is 8. The molecule has 0 aliphatic carbocycles. The van der Waals surface area contributed by atoms with Gasteiger partial charge in [0, 0.05) is 0 Å². The molecule has 0 aromatic heterocycles. The smallest absolute Gasteiger partial charge is 0.319 e. The van der Waals surface area contributed by atoms with E-state index in [1.807, 2.05) is 31.2 Å². The van der Waals surface area contributed by atoms with E-state index < -0.39 is 15.0 Å². The first-order valence-electron chi connectivity index (χ1n) is 8.38. The average molecular weight is 450 g/mol. The maximum Gasteiger partial charge on any atom is 0.319 e. The Morgan fingerprint density at radius 3 is 2.26 bits per heavy atom. The molecule has 0 fully saturated rings. The zero-order valence-electron chi connectivity index (χ0n) is 14.8. The van der Waals surface area contributed by atoms with Gasteiger partial charge in [0.1, 0.15) is 17.7 Å². The van der Waals surface area contributed by atoms with E-state index in [1.54, 1.807) is 12.1 Å². The lowest BCUT2D eigenvalue weighted by atomic mass is 10.1. The van der Waals surface area contributed by atoms with Gasteiger partial charge in [-0.25, -0.2) is 4.39 Å². The predicted octanol–water partition coefficient (Wildman–Crippen LogP) is 5.93. The Kier molecular flexibility index (Phi) is 8.74. The van der Waals surface area contributed by atoms with Crippen LogP contribution in [0.4, 0.5) is 4.39 Å². The highest BCUT2D eigenvalue weighted by Crippen LogP contribution is 2.27. The van der Waals surface area contributed by atoms with E-state index in [-0.39, 0.29) is 12.4 Å². The molecular formula is C20H20Cl3FO2S. The Labute approximate surface area is 178 Å². The van der Waals surface area contributed by atoms with E-state index >= 15 is 0 Å². The van der Waals surface area contributed by atoms with Crippen LogP contribution in [0.5, 0.6) is 0 Å². The van der Waals surface area contributed by atoms with Gasteiger partial charge in [0.05, 0.1) is 0 Å². The highest BCUT2D eigenvalue weighted by Gasteiger charge is 2.26. The number of thioether (sulfide) groups is 1. The summed E-state index contributed by atoms with van der Waals surface area (Å²) in [6.45, 7) is 1.72. The van der Waals surface area contributed by atoms with Crippen molar-refractivity contribution in [1.82, 2.24) is 0 Å². The van der Waals surface area contributed by atoms with Crippen LogP contribution in [0.1, 0.15) is 16.7 Å². The van der Waals surface area contributed by atoms with E-state index in [0.717, 1.165) is 16.7 Å². The Hall–Kier alpha value is -0.940. The summed E-state index contributed by atoms with van der Waals surface area (Å²) in [4.78, 5) is 12.5. The van der Waals surface area contributed by atoms with Crippen molar-refractivity contribution in [2.75, 3.05) is 12.4 Å². The van der Waals surface area contributed by atoms with Gasteiger partial charge in [-0.05, 0) is 48.8 Å². The molecule has 2 aromatic carbocycles. The number of hydrogen-bond acceptors (Lipinski definition) is 3. The Bertz CT molecular complexity index is 730. The molecule has 0 heterocycles. The van der Waals surface area contributed by atoms with Crippen LogP contribution in [-0.2, 0) is 22.4 Å². The van der Waals surface area contributed by atoms with Gasteiger partial charge in [0.15, 0.2) is 0 Å². The molecule has 146 valence electrons. The molecule has 1 atom stereocenters. The van der Waals surface area contributed by atoms with E-state index in [9.17, 15) is 9.18 Å². The SMILES string of the molecule is Cc1ccc(CC(SCCc2ccc(F)cc2)C(=O)OCC(Cl)(Cl)Cl)cc1. The lowest BCUT2D eigenvalue weighted by Gasteiger charge is -2.18. The minimum atomic E-state index is -1.64. The quantitative estimate of drug-likeness (QED) is 0.369. The summed E-state index contributed by atoms with van der Waals surface area (Å²) in [6, 6.07) is 14.3. The van der Waals surface area contributed by atoms with Crippen LogP contribution in [-0.4, -0.2) is 27.4 Å². The molecule has 1 unspecified atom stereocenters. The number of ether oxygens (including phenoxy) is 1. The number of esters is 1. The van der Waals surface area contributed by atoms with Crippen molar-refractivity contribution in [3.63, 3.8) is 0 Å². The van der Waals surface area contributed by atoms with E-state index in [4.69, 9.17) is 39.5 Å². The maximum atomic E-state index is 13.0. The normalized spacial score (nSPS) is 12.6. The first kappa shape index (κ1) is 22.4. The van der Waals surface area contributed by atoms with Crippen molar-refractivity contribution in [3.8, 4) is 0 Å². The monoisotopic (exact) mass is 448 g/mol. The molecular weight excluding hydrogens is 430 g/mol. The van der Waals surface area contributed by atoms with Crippen molar-refractivity contribution in [3.05, 3.63) is 71.0 Å². The van der Waals surface area contributed by atoms with Crippen LogP contribution < -0.4 is 0 Å². The number of benzene rings is 2. The molecule has 2 rings (SSSR count). The fourth-order valence-corrected chi connectivity index (χ4v) is 3.68. The number of halogens is 4. The molecule has 2 nitrogen and oxygen atoms in total. The fraction of sp³-hybridized carbons (Fsp3) is 0.350. The largest absolute Gasteiger partial charge is 0.460 e. The number of carbonyl (C=O) groups excluding carboxylic acids is 1. The van der Waals surface area contributed by atoms with Crippen LogP contribution in [0.15, 0.2) is 48.5 Å². The van der Waals surface area contributed by atoms with Gasteiger partial charge in [-0.1, -0.05) is 76.8 Å². The van der Waals surface area contributed by atoms with Gasteiger partial charge in [0.2, 0.25) is 3.79 Å². The number of hydrogen-bond donors (Lipinski definition) is 0. The van der Waals surface area contributed by atoms with Crippen molar-refractivity contribution in [2.45, 2.75) is 28.8 Å². The highest BCUT2D eigenvalue weighted by molar-refractivity contribution is 8.00. The molecule has 2 aromatic rings. The van der Waals surface area contributed by atoms with Gasteiger partial charge in [0.25, 0.3) is 0 Å². The van der Waals surface area contributed by atoms with Gasteiger partial charge >= 0.3 is 5.97 Å². The average Bonchev–Trinajstić information content (AvgIpc) is 2.61. The minimum Gasteiger partial charge on any atom is -0.460 e. The third kappa shape index (κ3) is 8.73. The molecule has 0 N–H and O–H groups in total. The molecule has 0 spiro atoms. The van der Waals surface area contributed by atoms with Crippen molar-refractivity contribution in [2.24, 2.45) is 0 Å². The number of carbonyl (C=O) groups is 1. The molecule has 27 heavy (non-hydrogen) atoms. The number of aryl methyl sites for hydroxylation is 2. The first-order valence-corrected chi connectivity index (χ1v) is 10.6. The molecule has 0 amide bonds. The van der Waals surface area contributed by atoms with Crippen LogP contribution >= 0.6 is 46.6 Å². The summed E-state index contributed by atoms with van der Waals surface area (Å²) in [5.74, 6) is 0.00956. The maximum absolute atomic E-state index is 13.0. The van der Waals surface area contributed by atoms with Gasteiger partial charge in [-0.3, -0.25) is 4.79 Å². The van der Waals surface area contributed by atoms with Gasteiger partial charge < -0.3 is 4.74 Å². The van der Waals surface area contributed by atoms with Gasteiger partial charge in [-0.15, -0.1) is 11.8 Å². The highest BCUT2D eigenvalue weighted by atomic mass is 35.6. The lowest BCUT2D eigenvalue weighted by molar-refractivity contribution is -0.142. The molecule has 0 radical (unpaired) electrons. The molecule has 0 aliphatic rings. The van der Waals surface area contributed by atoms with E-state index in [1.165, 1.54) is 23.9 Å². The zero-order valence-corrected chi connectivity index (χ0v) is 17.8. The summed E-state index contributed by atoms with van der Waals surface area (Å²) < 4.78 is 16.5. The van der Waals surface area contributed by atoms with Crippen LogP contribution in [0, 0.1) is 12.7 Å². The van der Waals surface area contributed by atoms with Crippen molar-refractivity contribution < 1.29 is 13.9 Å². The summed E-state index contributed by atoms with van der Waals surface area (Å²) in [5.41, 5.74) is 3.19. The summed E-state index contributed by atoms with van der Waals surface area (Å²) in [6.07, 6.45) is 1.24. The second-order valence-electron chi connectivity index (χ2n) is 6.15. The second kappa shape index (κ2) is 10.6. The van der Waals surface area contributed by atoms with Crippen LogP contribution in [0.2, 0.25) is 0 Å². The van der Waals surface area contributed by atoms with Crippen molar-refractivity contribution >= 4 is 52.5 Å². The standard InChI is InChI=1S/C20H20Cl3FO2S/c1-14-2-4-16(5-3-14)12-18(19(25)26-13-20(21,22)23)27-11-10-15-6-8-17(24)9-7-15/h2-9,18H,10-13H2,1H3. The molecule has 0 aliphatic heterocycles. The van der Waals surface area contributed by atoms with Gasteiger partial charge in [-0.2, -0.15) is 0 Å². The fourth-order valence-electron chi connectivity index (χ4n) is 2.36. The van der Waals surface area contributed by atoms with Crippen molar-refractivity contribution in [1.29, 1.82) is 0 Å². The molecule has 0 bridgehead atoms. The summed E-state index contributed by atoms with van der Waals surface area (Å²) >= 11 is 18.5. The third-order valence-corrected chi connectivity index (χ3v) is 5.33. The predicted molar refractivity (Wildman–Crippen MR) is 112 cm³/mol. The minimum absolute atomic E-state index is 0.265. The zero-order chi connectivity index (χ0) is 19.9. The van der Waals surface area contributed by atoms with E-state index in [2.05, 4.69) is 0 Å². The number of alkyl halides is 3. The second-order valence-corrected chi connectivity index (χ2v) is 9.98. The lowest BCUT2D eigenvalue weighted by Crippen LogP contribution is -2.27. The van der Waals surface area contributed by atoms with Crippen LogP contribution in [0.25, 0.3) is 0 Å². The summed E-state index contributed by atoms with van der Waals surface area (Å²) in [7, 11) is 0. The Balaban J connectivity index is 1.97. The first-order chi connectivity index (χ1) is 12.7. The summed E-state index contributed by atoms with van der Waals surface area (Å²) in [5, 5.41) is -0.416. The van der Waals surface area contributed by atoms with E-state index in [0.29, 0.717) is 18.6 Å².